The fourth-order valence-corrected chi connectivity index (χ4v) is 3.29. The van der Waals surface area contributed by atoms with Crippen LogP contribution >= 0.6 is 23.2 Å². The summed E-state index contributed by atoms with van der Waals surface area (Å²) in [6.45, 7) is 0.308. The number of benzene rings is 2. The van der Waals surface area contributed by atoms with Crippen LogP contribution in [0.5, 0.6) is 0 Å². The maximum Gasteiger partial charge on any atom is 0.175 e. The van der Waals surface area contributed by atoms with E-state index in [1.807, 2.05) is 12.1 Å². The molecule has 0 aliphatic carbocycles. The largest absolute Gasteiger partial charge is 0.381 e. The third-order valence-corrected chi connectivity index (χ3v) is 4.54. The van der Waals surface area contributed by atoms with Crippen molar-refractivity contribution >= 4 is 38.7 Å². The number of hydrogen-bond donors (Lipinski definition) is 1. The molecule has 0 spiro atoms. The normalized spacial score (nSPS) is 11.3. The molecule has 6 heteroatoms. The van der Waals surface area contributed by atoms with Gasteiger partial charge in [-0.05, 0) is 30.3 Å². The van der Waals surface area contributed by atoms with Crippen molar-refractivity contribution in [1.29, 1.82) is 0 Å². The van der Waals surface area contributed by atoms with Crippen molar-refractivity contribution in [1.82, 2.24) is 0 Å². The predicted molar refractivity (Wildman–Crippen MR) is 83.3 cm³/mol. The van der Waals surface area contributed by atoms with Crippen molar-refractivity contribution in [3.8, 4) is 0 Å². The van der Waals surface area contributed by atoms with Gasteiger partial charge in [0.05, 0.1) is 4.90 Å². The van der Waals surface area contributed by atoms with E-state index < -0.39 is 9.84 Å². The Morgan fingerprint density at radius 3 is 2.45 bits per heavy atom. The van der Waals surface area contributed by atoms with Crippen LogP contribution in [0, 0.1) is 0 Å². The van der Waals surface area contributed by atoms with E-state index in [0.29, 0.717) is 22.2 Å². The van der Waals surface area contributed by atoms with E-state index in [-0.39, 0.29) is 4.90 Å². The highest BCUT2D eigenvalue weighted by molar-refractivity contribution is 7.90. The van der Waals surface area contributed by atoms with E-state index in [1.165, 1.54) is 6.26 Å². The van der Waals surface area contributed by atoms with Crippen molar-refractivity contribution in [2.75, 3.05) is 11.6 Å². The van der Waals surface area contributed by atoms with Crippen LogP contribution in [0.25, 0.3) is 0 Å². The zero-order valence-corrected chi connectivity index (χ0v) is 13.1. The molecule has 2 aromatic rings. The minimum absolute atomic E-state index is 0.236. The number of rotatable bonds is 4. The van der Waals surface area contributed by atoms with Crippen LogP contribution in [-0.2, 0) is 16.4 Å². The summed E-state index contributed by atoms with van der Waals surface area (Å²) in [5.74, 6) is 0. The van der Waals surface area contributed by atoms with E-state index in [0.717, 1.165) is 5.69 Å². The molecule has 0 heterocycles. The second-order valence-electron chi connectivity index (χ2n) is 4.35. The quantitative estimate of drug-likeness (QED) is 0.921. The van der Waals surface area contributed by atoms with Crippen molar-refractivity contribution in [3.63, 3.8) is 0 Å². The molecule has 0 aliphatic heterocycles. The van der Waals surface area contributed by atoms with Gasteiger partial charge in [-0.1, -0.05) is 35.3 Å². The Kier molecular flexibility index (Phi) is 4.58. The summed E-state index contributed by atoms with van der Waals surface area (Å²) in [6.07, 6.45) is 1.17. The Hall–Kier alpha value is -1.23. The Balaban J connectivity index is 2.30. The van der Waals surface area contributed by atoms with Crippen molar-refractivity contribution < 1.29 is 8.42 Å². The summed E-state index contributed by atoms with van der Waals surface area (Å²) in [4.78, 5) is 0.236. The molecule has 20 heavy (non-hydrogen) atoms. The fraction of sp³-hybridized carbons (Fsp3) is 0.143. The summed E-state index contributed by atoms with van der Waals surface area (Å²) in [7, 11) is -3.32. The third kappa shape index (κ3) is 3.66. The van der Waals surface area contributed by atoms with Crippen LogP contribution in [0.15, 0.2) is 47.4 Å². The Bertz CT molecular complexity index is 730. The summed E-state index contributed by atoms with van der Waals surface area (Å²) < 4.78 is 23.5. The number of anilines is 1. The molecule has 0 unspecified atom stereocenters. The Labute approximate surface area is 128 Å². The lowest BCUT2D eigenvalue weighted by Crippen LogP contribution is -2.07. The van der Waals surface area contributed by atoms with Crippen LogP contribution < -0.4 is 5.32 Å². The third-order valence-electron chi connectivity index (χ3n) is 2.77. The topological polar surface area (TPSA) is 46.2 Å². The summed E-state index contributed by atoms with van der Waals surface area (Å²) in [6, 6.07) is 12.0. The standard InChI is InChI=1S/C14H13Cl2NO2S/c1-20(18,19)14-7-3-6-13(16)12(14)9-17-11-5-2-4-10(15)8-11/h2-8,17H,9H2,1H3. The lowest BCUT2D eigenvalue weighted by atomic mass is 10.2. The number of nitrogens with one attached hydrogen (secondary N) is 1. The van der Waals surface area contributed by atoms with Crippen molar-refractivity contribution in [2.24, 2.45) is 0 Å². The molecule has 0 amide bonds. The number of halogens is 2. The van der Waals surface area contributed by atoms with Gasteiger partial charge >= 0.3 is 0 Å². The smallest absolute Gasteiger partial charge is 0.175 e. The highest BCUT2D eigenvalue weighted by atomic mass is 35.5. The van der Waals surface area contributed by atoms with Crippen LogP contribution in [-0.4, -0.2) is 14.7 Å². The van der Waals surface area contributed by atoms with Crippen LogP contribution in [0.3, 0.4) is 0 Å². The van der Waals surface area contributed by atoms with Gasteiger partial charge in [-0.25, -0.2) is 8.42 Å². The first-order valence-corrected chi connectivity index (χ1v) is 8.49. The molecule has 1 N–H and O–H groups in total. The first kappa shape index (κ1) is 15.2. The first-order chi connectivity index (χ1) is 9.38. The monoisotopic (exact) mass is 329 g/mol. The number of sulfone groups is 1. The van der Waals surface area contributed by atoms with Gasteiger partial charge in [0.1, 0.15) is 0 Å². The molecule has 2 aromatic carbocycles. The molecular formula is C14H13Cl2NO2S. The molecule has 0 aliphatic rings. The van der Waals surface area contributed by atoms with Crippen LogP contribution in [0.4, 0.5) is 5.69 Å². The maximum atomic E-state index is 11.8. The lowest BCUT2D eigenvalue weighted by Gasteiger charge is -2.12. The molecule has 0 bridgehead atoms. The minimum atomic E-state index is -3.32. The molecule has 0 fully saturated rings. The minimum Gasteiger partial charge on any atom is -0.381 e. The Morgan fingerprint density at radius 1 is 1.10 bits per heavy atom. The van der Waals surface area contributed by atoms with Gasteiger partial charge in [0.2, 0.25) is 0 Å². The van der Waals surface area contributed by atoms with Gasteiger partial charge in [-0.2, -0.15) is 0 Å². The molecule has 0 atom stereocenters. The van der Waals surface area contributed by atoms with E-state index in [4.69, 9.17) is 23.2 Å². The second-order valence-corrected chi connectivity index (χ2v) is 7.18. The van der Waals surface area contributed by atoms with Crippen molar-refractivity contribution in [3.05, 3.63) is 58.1 Å². The average molecular weight is 330 g/mol. The number of hydrogen-bond acceptors (Lipinski definition) is 3. The van der Waals surface area contributed by atoms with E-state index in [2.05, 4.69) is 5.32 Å². The summed E-state index contributed by atoms with van der Waals surface area (Å²) in [5.41, 5.74) is 1.36. The molecule has 0 saturated heterocycles. The summed E-state index contributed by atoms with van der Waals surface area (Å²) in [5, 5.41) is 4.15. The average Bonchev–Trinajstić information content (AvgIpc) is 2.36. The van der Waals surface area contributed by atoms with E-state index in [9.17, 15) is 8.42 Å². The van der Waals surface area contributed by atoms with Gasteiger partial charge in [-0.15, -0.1) is 0 Å². The first-order valence-electron chi connectivity index (χ1n) is 5.85. The molecule has 0 radical (unpaired) electrons. The zero-order valence-electron chi connectivity index (χ0n) is 10.7. The Morgan fingerprint density at radius 2 is 1.80 bits per heavy atom. The highest BCUT2D eigenvalue weighted by Crippen LogP contribution is 2.25. The van der Waals surface area contributed by atoms with E-state index >= 15 is 0 Å². The van der Waals surface area contributed by atoms with Gasteiger partial charge in [0.15, 0.2) is 9.84 Å². The van der Waals surface area contributed by atoms with Gasteiger partial charge in [0, 0.05) is 34.1 Å². The zero-order chi connectivity index (χ0) is 14.8. The van der Waals surface area contributed by atoms with Gasteiger partial charge in [-0.3, -0.25) is 0 Å². The second kappa shape index (κ2) is 6.04. The van der Waals surface area contributed by atoms with Gasteiger partial charge in [0.25, 0.3) is 0 Å². The van der Waals surface area contributed by atoms with Crippen molar-refractivity contribution in [2.45, 2.75) is 11.4 Å². The lowest BCUT2D eigenvalue weighted by molar-refractivity contribution is 0.601. The molecule has 2 rings (SSSR count). The molecule has 0 aromatic heterocycles. The fourth-order valence-electron chi connectivity index (χ4n) is 1.85. The maximum absolute atomic E-state index is 11.8. The molecular weight excluding hydrogens is 317 g/mol. The van der Waals surface area contributed by atoms with Gasteiger partial charge < -0.3 is 5.32 Å². The molecule has 3 nitrogen and oxygen atoms in total. The highest BCUT2D eigenvalue weighted by Gasteiger charge is 2.15. The van der Waals surface area contributed by atoms with E-state index in [1.54, 1.807) is 30.3 Å². The van der Waals surface area contributed by atoms with Crippen LogP contribution in [0.1, 0.15) is 5.56 Å². The SMILES string of the molecule is CS(=O)(=O)c1cccc(Cl)c1CNc1cccc(Cl)c1. The molecule has 106 valence electrons. The van der Waals surface area contributed by atoms with Crippen LogP contribution in [0.2, 0.25) is 10.0 Å². The molecule has 0 saturated carbocycles. The summed E-state index contributed by atoms with van der Waals surface area (Å²) >= 11 is 12.0. The predicted octanol–water partition coefficient (Wildman–Crippen LogP) is 4.01.